The van der Waals surface area contributed by atoms with Gasteiger partial charge in [-0.3, -0.25) is 9.69 Å². The van der Waals surface area contributed by atoms with E-state index >= 15 is 0 Å². The molecule has 2 aromatic rings. The summed E-state index contributed by atoms with van der Waals surface area (Å²) in [6.45, 7) is 0.324. The SMILES string of the molecule is O=C1/C(=C\C=C2/Oc3ccc(Cl)cc3N2CS(=O)(=O)[O-])N(CCOCCO)C(=S)N1c1ccccn1.[K+]. The van der Waals surface area contributed by atoms with E-state index in [9.17, 15) is 17.8 Å². The maximum absolute atomic E-state index is 13.4. The number of thiocarbonyl (C=S) groups is 1. The van der Waals surface area contributed by atoms with Gasteiger partial charge >= 0.3 is 51.4 Å². The van der Waals surface area contributed by atoms with Gasteiger partial charge in [-0.05, 0) is 48.6 Å². The van der Waals surface area contributed by atoms with Crippen LogP contribution < -0.4 is 65.9 Å². The molecule has 2 aliphatic heterocycles. The van der Waals surface area contributed by atoms with E-state index in [1.54, 1.807) is 30.3 Å². The van der Waals surface area contributed by atoms with Crippen LogP contribution >= 0.6 is 23.8 Å². The third-order valence-electron chi connectivity index (χ3n) is 5.07. The number of ether oxygens (including phenoxy) is 2. The summed E-state index contributed by atoms with van der Waals surface area (Å²) in [5.41, 5.74) is 0.442. The third-order valence-corrected chi connectivity index (χ3v) is 6.28. The molecule has 1 fully saturated rings. The Kier molecular flexibility index (Phi) is 10.6. The minimum absolute atomic E-state index is 0. The molecule has 3 heterocycles. The van der Waals surface area contributed by atoms with E-state index in [2.05, 4.69) is 4.98 Å². The number of hydrogen-bond donors (Lipinski definition) is 1. The molecule has 190 valence electrons. The first-order valence-electron chi connectivity index (χ1n) is 10.6. The number of benzene rings is 1. The van der Waals surface area contributed by atoms with E-state index < -0.39 is 21.9 Å². The summed E-state index contributed by atoms with van der Waals surface area (Å²) < 4.78 is 45.7. The van der Waals surface area contributed by atoms with Crippen LogP contribution in [0.3, 0.4) is 0 Å². The number of aromatic nitrogens is 1. The van der Waals surface area contributed by atoms with Crippen molar-refractivity contribution in [3.8, 4) is 5.75 Å². The number of allylic oxidation sites excluding steroid dienone is 2. The number of aliphatic hydroxyl groups excluding tert-OH is 1. The zero-order valence-electron chi connectivity index (χ0n) is 19.6. The average Bonchev–Trinajstić information content (AvgIpc) is 3.28. The Morgan fingerprint density at radius 2 is 1.97 bits per heavy atom. The fourth-order valence-electron chi connectivity index (χ4n) is 3.57. The molecular formula is C22H20ClKN4O7S2. The molecule has 1 N–H and O–H groups in total. The quantitative estimate of drug-likeness (QED) is 0.124. The summed E-state index contributed by atoms with van der Waals surface area (Å²) in [7, 11) is -4.69. The number of rotatable bonds is 9. The van der Waals surface area contributed by atoms with Gasteiger partial charge in [-0.2, -0.15) is 0 Å². The maximum atomic E-state index is 13.4. The third kappa shape index (κ3) is 7.16. The van der Waals surface area contributed by atoms with Crippen molar-refractivity contribution in [2.45, 2.75) is 0 Å². The molecule has 11 nitrogen and oxygen atoms in total. The molecule has 4 rings (SSSR count). The van der Waals surface area contributed by atoms with Crippen LogP contribution in [0, 0.1) is 0 Å². The Morgan fingerprint density at radius 1 is 1.19 bits per heavy atom. The average molecular weight is 591 g/mol. The molecule has 0 aliphatic carbocycles. The Balaban J connectivity index is 0.00000380. The number of hydrogen-bond acceptors (Lipinski definition) is 10. The molecule has 0 unspecified atom stereocenters. The van der Waals surface area contributed by atoms with Crippen molar-refractivity contribution in [1.29, 1.82) is 0 Å². The van der Waals surface area contributed by atoms with Gasteiger partial charge in [0.25, 0.3) is 5.91 Å². The molecule has 15 heteroatoms. The molecule has 1 aromatic heterocycles. The number of carbonyl (C=O) groups is 1. The number of pyridine rings is 1. The first kappa shape index (κ1) is 30.1. The van der Waals surface area contributed by atoms with E-state index in [1.165, 1.54) is 34.2 Å². The van der Waals surface area contributed by atoms with Crippen molar-refractivity contribution in [2.24, 2.45) is 0 Å². The number of nitrogens with zero attached hydrogens (tertiary/aromatic N) is 4. The van der Waals surface area contributed by atoms with Crippen LogP contribution in [0.4, 0.5) is 11.5 Å². The van der Waals surface area contributed by atoms with Crippen molar-refractivity contribution in [1.82, 2.24) is 9.88 Å². The molecule has 0 saturated carbocycles. The number of anilines is 2. The molecule has 1 saturated heterocycles. The molecule has 0 radical (unpaired) electrons. The number of amides is 1. The van der Waals surface area contributed by atoms with Crippen molar-refractivity contribution in [2.75, 3.05) is 42.0 Å². The fraction of sp³-hybridized carbons (Fsp3) is 0.227. The van der Waals surface area contributed by atoms with Gasteiger partial charge in [0, 0.05) is 23.8 Å². The number of fused-ring (bicyclic) bond motifs is 1. The first-order chi connectivity index (χ1) is 17.2. The number of carbonyl (C=O) groups excluding carboxylic acids is 1. The standard InChI is InChI=1S/C22H21ClN4O7S2.K/c23-15-4-6-18-17(13-15)26(14-36(30,31)32)20(34-18)7-5-16-21(29)27(19-3-1-2-8-24-19)22(35)25(16)9-11-33-12-10-28;/h1-8,13,28H,9-12,14H2,(H,30,31,32);/q;+1/p-1/b16-5+,20-7-;. The summed E-state index contributed by atoms with van der Waals surface area (Å²) >= 11 is 11.6. The Hall–Kier alpha value is -1.43. The minimum Gasteiger partial charge on any atom is -0.747 e. The normalized spacial score (nSPS) is 17.4. The van der Waals surface area contributed by atoms with Gasteiger partial charge in [0.2, 0.25) is 5.88 Å². The smallest absolute Gasteiger partial charge is 0.747 e. The van der Waals surface area contributed by atoms with Gasteiger partial charge in [-0.15, -0.1) is 0 Å². The largest absolute Gasteiger partial charge is 1.00 e. The van der Waals surface area contributed by atoms with Gasteiger partial charge in [0.15, 0.2) is 10.9 Å². The molecule has 1 aromatic carbocycles. The maximum Gasteiger partial charge on any atom is 1.00 e. The van der Waals surface area contributed by atoms with Crippen LogP contribution in [0.15, 0.2) is 66.3 Å². The summed E-state index contributed by atoms with van der Waals surface area (Å²) in [6, 6.07) is 9.62. The van der Waals surface area contributed by atoms with Gasteiger partial charge in [0.05, 0.1) is 25.5 Å². The number of aliphatic hydroxyl groups is 1. The van der Waals surface area contributed by atoms with Crippen molar-refractivity contribution >= 4 is 56.5 Å². The first-order valence-corrected chi connectivity index (χ1v) is 12.9. The predicted octanol–water partition coefficient (Wildman–Crippen LogP) is -1.19. The van der Waals surface area contributed by atoms with Crippen LogP contribution in [0.1, 0.15) is 0 Å². The Bertz CT molecular complexity index is 1340. The molecular weight excluding hydrogens is 571 g/mol. The zero-order valence-corrected chi connectivity index (χ0v) is 25.1. The van der Waals surface area contributed by atoms with Crippen molar-refractivity contribution in [3.05, 3.63) is 71.3 Å². The van der Waals surface area contributed by atoms with Crippen LogP contribution in [-0.4, -0.2) is 71.2 Å². The van der Waals surface area contributed by atoms with E-state index in [0.29, 0.717) is 22.3 Å². The molecule has 0 atom stereocenters. The summed E-state index contributed by atoms with van der Waals surface area (Å²) in [5, 5.41) is 9.44. The Morgan fingerprint density at radius 3 is 2.65 bits per heavy atom. The van der Waals surface area contributed by atoms with Crippen molar-refractivity contribution in [3.63, 3.8) is 0 Å². The van der Waals surface area contributed by atoms with Crippen LogP contribution in [0.2, 0.25) is 5.02 Å². The molecule has 1 amide bonds. The second-order valence-electron chi connectivity index (χ2n) is 7.48. The van der Waals surface area contributed by atoms with Gasteiger partial charge < -0.3 is 24.0 Å². The van der Waals surface area contributed by atoms with E-state index in [1.807, 2.05) is 0 Å². The van der Waals surface area contributed by atoms with E-state index in [4.69, 9.17) is 38.4 Å². The zero-order chi connectivity index (χ0) is 25.9. The van der Waals surface area contributed by atoms with Gasteiger partial charge in [0.1, 0.15) is 27.5 Å². The minimum atomic E-state index is -4.69. The van der Waals surface area contributed by atoms with E-state index in [-0.39, 0.29) is 94.4 Å². The van der Waals surface area contributed by atoms with Crippen LogP contribution in [-0.2, 0) is 19.6 Å². The Labute approximate surface area is 266 Å². The summed E-state index contributed by atoms with van der Waals surface area (Å²) in [6.07, 6.45) is 4.31. The topological polar surface area (TPSA) is 136 Å². The van der Waals surface area contributed by atoms with Gasteiger partial charge in [-0.1, -0.05) is 17.7 Å². The predicted molar refractivity (Wildman–Crippen MR) is 134 cm³/mol. The van der Waals surface area contributed by atoms with E-state index in [0.717, 1.165) is 4.90 Å². The fourth-order valence-corrected chi connectivity index (χ4v) is 4.68. The summed E-state index contributed by atoms with van der Waals surface area (Å²) in [4.78, 5) is 21.5. The molecule has 0 bridgehead atoms. The second kappa shape index (κ2) is 13.1. The monoisotopic (exact) mass is 590 g/mol. The van der Waals surface area contributed by atoms with Crippen LogP contribution in [0.25, 0.3) is 0 Å². The molecule has 0 spiro atoms. The number of halogens is 1. The second-order valence-corrected chi connectivity index (χ2v) is 9.66. The van der Waals surface area contributed by atoms with Gasteiger partial charge in [-0.25, -0.2) is 18.3 Å². The van der Waals surface area contributed by atoms with Crippen LogP contribution in [0.5, 0.6) is 5.75 Å². The van der Waals surface area contributed by atoms with Crippen molar-refractivity contribution < 1.29 is 83.7 Å². The molecule has 37 heavy (non-hydrogen) atoms. The summed E-state index contributed by atoms with van der Waals surface area (Å²) in [5.74, 6) is -0.751. The molecule has 2 aliphatic rings.